The van der Waals surface area contributed by atoms with Crippen molar-refractivity contribution in [1.82, 2.24) is 15.1 Å². The molecule has 0 spiro atoms. The van der Waals surface area contributed by atoms with Crippen molar-refractivity contribution in [3.8, 4) is 5.69 Å². The molecule has 1 amide bonds. The van der Waals surface area contributed by atoms with Crippen molar-refractivity contribution in [1.29, 1.82) is 0 Å². The minimum Gasteiger partial charge on any atom is -0.340 e. The molecule has 0 radical (unpaired) electrons. The third kappa shape index (κ3) is 3.83. The van der Waals surface area contributed by atoms with Gasteiger partial charge < -0.3 is 5.32 Å². The lowest BCUT2D eigenvalue weighted by atomic mass is 10.0. The largest absolute Gasteiger partial charge is 0.340 e. The van der Waals surface area contributed by atoms with Crippen LogP contribution >= 0.6 is 11.3 Å². The number of hydrogen-bond acceptors (Lipinski definition) is 3. The maximum Gasteiger partial charge on any atom is 0.255 e. The fourth-order valence-electron chi connectivity index (χ4n) is 2.91. The molecule has 4 nitrogen and oxygen atoms in total. The Morgan fingerprint density at radius 2 is 1.81 bits per heavy atom. The van der Waals surface area contributed by atoms with Gasteiger partial charge in [0.1, 0.15) is 0 Å². The van der Waals surface area contributed by atoms with E-state index in [2.05, 4.69) is 41.6 Å². The molecule has 1 atom stereocenters. The first-order valence-electron chi connectivity index (χ1n) is 8.71. The van der Waals surface area contributed by atoms with Gasteiger partial charge in [0.2, 0.25) is 0 Å². The zero-order chi connectivity index (χ0) is 18.6. The molecule has 0 bridgehead atoms. The van der Waals surface area contributed by atoms with E-state index in [-0.39, 0.29) is 11.9 Å². The molecule has 5 heteroatoms. The Labute approximate surface area is 162 Å². The second kappa shape index (κ2) is 7.60. The van der Waals surface area contributed by atoms with Gasteiger partial charge in [-0.15, -0.1) is 11.3 Å². The van der Waals surface area contributed by atoms with Crippen molar-refractivity contribution in [2.24, 2.45) is 0 Å². The minimum absolute atomic E-state index is 0.142. The van der Waals surface area contributed by atoms with Crippen LogP contribution in [-0.4, -0.2) is 15.7 Å². The van der Waals surface area contributed by atoms with Crippen LogP contribution < -0.4 is 5.32 Å². The highest BCUT2D eigenvalue weighted by Gasteiger charge is 2.19. The number of carbonyl (C=O) groups is 1. The zero-order valence-electron chi connectivity index (χ0n) is 14.9. The van der Waals surface area contributed by atoms with Crippen molar-refractivity contribution >= 4 is 17.2 Å². The summed E-state index contributed by atoms with van der Waals surface area (Å²) in [6.07, 6.45) is 3.36. The molecular formula is C22H19N3OS. The summed E-state index contributed by atoms with van der Waals surface area (Å²) in [5.41, 5.74) is 3.71. The summed E-state index contributed by atoms with van der Waals surface area (Å²) in [6.45, 7) is 2.06. The fraction of sp³-hybridized carbons (Fsp3) is 0.0909. The van der Waals surface area contributed by atoms with Crippen LogP contribution in [0.2, 0.25) is 0 Å². The standard InChI is InChI=1S/C22H19N3OS/c1-16-9-11-17(12-10-16)21(20-8-5-13-27-20)24-22(26)18-14-23-25(15-18)19-6-3-2-4-7-19/h2-15,21H,1H3,(H,24,26)/t21-/m0/s1. The third-order valence-electron chi connectivity index (χ3n) is 4.38. The number of nitrogens with zero attached hydrogens (tertiary/aromatic N) is 2. The third-order valence-corrected chi connectivity index (χ3v) is 5.32. The molecule has 4 rings (SSSR count). The van der Waals surface area contributed by atoms with Gasteiger partial charge in [0.15, 0.2) is 0 Å². The fourth-order valence-corrected chi connectivity index (χ4v) is 3.71. The highest BCUT2D eigenvalue weighted by Crippen LogP contribution is 2.26. The summed E-state index contributed by atoms with van der Waals surface area (Å²) >= 11 is 1.63. The van der Waals surface area contributed by atoms with Gasteiger partial charge >= 0.3 is 0 Å². The lowest BCUT2D eigenvalue weighted by Crippen LogP contribution is -2.28. The smallest absolute Gasteiger partial charge is 0.255 e. The number of para-hydroxylation sites is 1. The molecule has 4 aromatic rings. The van der Waals surface area contributed by atoms with E-state index in [0.29, 0.717) is 5.56 Å². The molecule has 2 aromatic carbocycles. The van der Waals surface area contributed by atoms with Crippen molar-refractivity contribution in [3.63, 3.8) is 0 Å². The van der Waals surface area contributed by atoms with Crippen LogP contribution in [-0.2, 0) is 0 Å². The predicted molar refractivity (Wildman–Crippen MR) is 108 cm³/mol. The van der Waals surface area contributed by atoms with Crippen LogP contribution in [0.5, 0.6) is 0 Å². The van der Waals surface area contributed by atoms with Crippen LogP contribution in [0, 0.1) is 6.92 Å². The van der Waals surface area contributed by atoms with E-state index in [1.54, 1.807) is 28.4 Å². The number of hydrogen-bond donors (Lipinski definition) is 1. The van der Waals surface area contributed by atoms with Gasteiger partial charge in [0, 0.05) is 11.1 Å². The molecule has 134 valence electrons. The molecule has 2 heterocycles. The molecular weight excluding hydrogens is 354 g/mol. The van der Waals surface area contributed by atoms with E-state index in [1.807, 2.05) is 47.8 Å². The Hall–Kier alpha value is -3.18. The summed E-state index contributed by atoms with van der Waals surface area (Å²) in [6, 6.07) is 21.9. The molecule has 0 aliphatic rings. The molecule has 27 heavy (non-hydrogen) atoms. The number of carbonyl (C=O) groups excluding carboxylic acids is 1. The van der Waals surface area contributed by atoms with Crippen molar-refractivity contribution < 1.29 is 4.79 Å². The Morgan fingerprint density at radius 1 is 1.04 bits per heavy atom. The average molecular weight is 373 g/mol. The number of aromatic nitrogens is 2. The Bertz CT molecular complexity index is 1020. The van der Waals surface area contributed by atoms with Gasteiger partial charge in [0.05, 0.1) is 23.5 Å². The summed E-state index contributed by atoms with van der Waals surface area (Å²) in [7, 11) is 0. The summed E-state index contributed by atoms with van der Waals surface area (Å²) < 4.78 is 1.71. The molecule has 0 saturated heterocycles. The predicted octanol–water partition coefficient (Wildman–Crippen LogP) is 4.76. The van der Waals surface area contributed by atoms with Gasteiger partial charge in [-0.2, -0.15) is 5.10 Å². The number of aryl methyl sites for hydroxylation is 1. The molecule has 1 N–H and O–H groups in total. The highest BCUT2D eigenvalue weighted by atomic mass is 32.1. The maximum atomic E-state index is 12.9. The quantitative estimate of drug-likeness (QED) is 0.548. The maximum absolute atomic E-state index is 12.9. The lowest BCUT2D eigenvalue weighted by molar-refractivity contribution is 0.0943. The van der Waals surface area contributed by atoms with E-state index in [1.165, 1.54) is 5.56 Å². The lowest BCUT2D eigenvalue weighted by Gasteiger charge is -2.18. The monoisotopic (exact) mass is 373 g/mol. The van der Waals surface area contributed by atoms with Gasteiger partial charge in [0.25, 0.3) is 5.91 Å². The minimum atomic E-state index is -0.182. The van der Waals surface area contributed by atoms with Crippen LogP contribution in [0.3, 0.4) is 0 Å². The van der Waals surface area contributed by atoms with E-state index in [9.17, 15) is 4.79 Å². The van der Waals surface area contributed by atoms with E-state index in [4.69, 9.17) is 0 Å². The first-order chi connectivity index (χ1) is 13.2. The SMILES string of the molecule is Cc1ccc([C@H](NC(=O)c2cnn(-c3ccccc3)c2)c2cccs2)cc1. The summed E-state index contributed by atoms with van der Waals surface area (Å²) in [4.78, 5) is 14.0. The topological polar surface area (TPSA) is 46.9 Å². The Morgan fingerprint density at radius 3 is 2.52 bits per heavy atom. The Kier molecular flexibility index (Phi) is 4.85. The molecule has 0 saturated carbocycles. The van der Waals surface area contributed by atoms with Crippen molar-refractivity contribution in [2.75, 3.05) is 0 Å². The second-order valence-electron chi connectivity index (χ2n) is 6.34. The number of nitrogens with one attached hydrogen (secondary N) is 1. The number of benzene rings is 2. The molecule has 0 fully saturated rings. The second-order valence-corrected chi connectivity index (χ2v) is 7.32. The summed E-state index contributed by atoms with van der Waals surface area (Å²) in [5, 5.41) is 9.50. The normalized spacial score (nSPS) is 11.9. The van der Waals surface area contributed by atoms with Gasteiger partial charge in [-0.25, -0.2) is 4.68 Å². The Balaban J connectivity index is 1.59. The molecule has 2 aromatic heterocycles. The van der Waals surface area contributed by atoms with Crippen LogP contribution in [0.1, 0.15) is 32.4 Å². The van der Waals surface area contributed by atoms with Crippen LogP contribution in [0.15, 0.2) is 84.5 Å². The number of rotatable bonds is 5. The molecule has 0 aliphatic heterocycles. The number of thiophene rings is 1. The molecule has 0 unspecified atom stereocenters. The van der Waals surface area contributed by atoms with E-state index < -0.39 is 0 Å². The van der Waals surface area contributed by atoms with Crippen molar-refractivity contribution in [2.45, 2.75) is 13.0 Å². The van der Waals surface area contributed by atoms with E-state index >= 15 is 0 Å². The zero-order valence-corrected chi connectivity index (χ0v) is 15.7. The van der Waals surface area contributed by atoms with Crippen molar-refractivity contribution in [3.05, 3.63) is 106 Å². The van der Waals surface area contributed by atoms with Gasteiger partial charge in [-0.3, -0.25) is 4.79 Å². The highest BCUT2D eigenvalue weighted by molar-refractivity contribution is 7.10. The first-order valence-corrected chi connectivity index (χ1v) is 9.59. The number of amides is 1. The van der Waals surface area contributed by atoms with Crippen LogP contribution in [0.25, 0.3) is 5.69 Å². The summed E-state index contributed by atoms with van der Waals surface area (Å²) in [5.74, 6) is -0.142. The average Bonchev–Trinajstić information content (AvgIpc) is 3.40. The van der Waals surface area contributed by atoms with Crippen LogP contribution in [0.4, 0.5) is 0 Å². The molecule has 0 aliphatic carbocycles. The first kappa shape index (κ1) is 17.2. The van der Waals surface area contributed by atoms with Gasteiger partial charge in [-0.05, 0) is 36.1 Å². The van der Waals surface area contributed by atoms with E-state index in [0.717, 1.165) is 16.1 Å². The van der Waals surface area contributed by atoms with Gasteiger partial charge in [-0.1, -0.05) is 54.1 Å².